The first-order valence-electron chi connectivity index (χ1n) is 8.95. The molecule has 0 aliphatic heterocycles. The van der Waals surface area contributed by atoms with E-state index in [9.17, 15) is 23.1 Å². The van der Waals surface area contributed by atoms with E-state index in [2.05, 4.69) is 15.0 Å². The number of thiazole rings is 1. The second kappa shape index (κ2) is 9.23. The molecule has 0 saturated heterocycles. The zero-order chi connectivity index (χ0) is 20.9. The lowest BCUT2D eigenvalue weighted by Crippen LogP contribution is -2.28. The van der Waals surface area contributed by atoms with Crippen molar-refractivity contribution in [2.75, 3.05) is 6.54 Å². The Morgan fingerprint density at radius 2 is 1.90 bits per heavy atom. The van der Waals surface area contributed by atoms with Crippen molar-refractivity contribution in [1.29, 1.82) is 0 Å². The van der Waals surface area contributed by atoms with Crippen molar-refractivity contribution >= 4 is 27.5 Å². The molecule has 0 radical (unpaired) electrons. The number of aliphatic hydroxyl groups excluding tert-OH is 1. The Hall–Kier alpha value is -2.65. The van der Waals surface area contributed by atoms with E-state index in [1.54, 1.807) is 11.3 Å². The van der Waals surface area contributed by atoms with Gasteiger partial charge in [-0.05, 0) is 42.7 Å². The molecule has 1 aromatic heterocycles. The Kier molecular flexibility index (Phi) is 6.71. The van der Waals surface area contributed by atoms with Gasteiger partial charge in [0.1, 0.15) is 5.75 Å². The number of hydrogen-bond acceptors (Lipinski definition) is 5. The molecule has 3 aromatic rings. The molecule has 1 amide bonds. The lowest BCUT2D eigenvalue weighted by Gasteiger charge is -2.14. The van der Waals surface area contributed by atoms with E-state index in [4.69, 9.17) is 0 Å². The quantitative estimate of drug-likeness (QED) is 0.563. The number of fused-ring (bicyclic) bond motifs is 1. The number of alkyl halides is 3. The molecule has 29 heavy (non-hydrogen) atoms. The van der Waals surface area contributed by atoms with E-state index in [1.807, 2.05) is 24.3 Å². The summed E-state index contributed by atoms with van der Waals surface area (Å²) < 4.78 is 41.3. The van der Waals surface area contributed by atoms with Crippen molar-refractivity contribution in [2.24, 2.45) is 0 Å². The van der Waals surface area contributed by atoms with Gasteiger partial charge in [-0.25, -0.2) is 4.98 Å². The molecule has 1 heterocycles. The van der Waals surface area contributed by atoms with E-state index >= 15 is 0 Å². The van der Waals surface area contributed by atoms with Crippen LogP contribution in [0.5, 0.6) is 5.75 Å². The van der Waals surface area contributed by atoms with Gasteiger partial charge in [0.25, 0.3) is 0 Å². The van der Waals surface area contributed by atoms with E-state index < -0.39 is 12.5 Å². The Balaban J connectivity index is 1.40. The smallest absolute Gasteiger partial charge is 0.406 e. The van der Waals surface area contributed by atoms with E-state index in [-0.39, 0.29) is 18.2 Å². The van der Waals surface area contributed by atoms with Gasteiger partial charge in [0, 0.05) is 13.0 Å². The number of rotatable bonds is 8. The fourth-order valence-corrected chi connectivity index (χ4v) is 3.74. The molecule has 0 spiro atoms. The second-order valence-corrected chi connectivity index (χ2v) is 7.48. The topological polar surface area (TPSA) is 71.5 Å². The van der Waals surface area contributed by atoms with Crippen molar-refractivity contribution in [3.8, 4) is 5.75 Å². The Bertz CT molecular complexity index is 925. The minimum absolute atomic E-state index is 0.0283. The van der Waals surface area contributed by atoms with Crippen LogP contribution in [0, 0.1) is 0 Å². The number of ether oxygens (including phenoxy) is 1. The van der Waals surface area contributed by atoms with Crippen LogP contribution in [0.2, 0.25) is 0 Å². The second-order valence-electron chi connectivity index (χ2n) is 6.37. The lowest BCUT2D eigenvalue weighted by atomic mass is 10.1. The first kappa shape index (κ1) is 21.1. The van der Waals surface area contributed by atoms with Gasteiger partial charge in [0.2, 0.25) is 5.91 Å². The van der Waals surface area contributed by atoms with Crippen molar-refractivity contribution in [1.82, 2.24) is 10.3 Å². The van der Waals surface area contributed by atoms with E-state index in [1.165, 1.54) is 12.1 Å². The summed E-state index contributed by atoms with van der Waals surface area (Å²) >= 11 is 1.61. The Morgan fingerprint density at radius 3 is 2.59 bits per heavy atom. The van der Waals surface area contributed by atoms with Crippen molar-refractivity contribution in [3.05, 3.63) is 59.1 Å². The SMILES string of the molecule is O=C(CCCc1nc2ccccc2s1)NCC(O)c1ccc(OC(F)(F)F)cc1. The van der Waals surface area contributed by atoms with Crippen molar-refractivity contribution in [3.63, 3.8) is 0 Å². The summed E-state index contributed by atoms with van der Waals surface area (Å²) in [6.07, 6.45) is -4.18. The van der Waals surface area contributed by atoms with Gasteiger partial charge in [-0.15, -0.1) is 24.5 Å². The normalized spacial score (nSPS) is 12.7. The molecule has 0 aliphatic carbocycles. The molecule has 2 aromatic carbocycles. The number of para-hydroxylation sites is 1. The van der Waals surface area contributed by atoms with Gasteiger partial charge in [-0.1, -0.05) is 24.3 Å². The monoisotopic (exact) mass is 424 g/mol. The number of nitrogens with one attached hydrogen (secondary N) is 1. The number of aliphatic hydroxyl groups is 1. The summed E-state index contributed by atoms with van der Waals surface area (Å²) in [6.45, 7) is -0.0283. The standard InChI is InChI=1S/C20H19F3N2O3S/c21-20(22,23)28-14-10-8-13(9-11-14)16(26)12-24-18(27)6-3-7-19-25-15-4-1-2-5-17(15)29-19/h1-2,4-5,8-11,16,26H,3,6-7,12H2,(H,24,27). The Morgan fingerprint density at radius 1 is 1.17 bits per heavy atom. The predicted molar refractivity (Wildman–Crippen MR) is 104 cm³/mol. The number of carbonyl (C=O) groups is 1. The van der Waals surface area contributed by atoms with E-state index in [0.717, 1.165) is 27.4 Å². The molecule has 154 valence electrons. The van der Waals surface area contributed by atoms with Crippen LogP contribution >= 0.6 is 11.3 Å². The summed E-state index contributed by atoms with van der Waals surface area (Å²) in [7, 11) is 0. The van der Waals surface area contributed by atoms with Gasteiger partial charge in [-0.2, -0.15) is 0 Å². The molecule has 5 nitrogen and oxygen atoms in total. The van der Waals surface area contributed by atoms with Crippen LogP contribution in [-0.2, 0) is 11.2 Å². The number of hydrogen-bond donors (Lipinski definition) is 2. The van der Waals surface area contributed by atoms with Crippen LogP contribution < -0.4 is 10.1 Å². The highest BCUT2D eigenvalue weighted by atomic mass is 32.1. The summed E-state index contributed by atoms with van der Waals surface area (Å²) in [4.78, 5) is 16.5. The number of aryl methyl sites for hydroxylation is 1. The highest BCUT2D eigenvalue weighted by Crippen LogP contribution is 2.25. The first-order valence-corrected chi connectivity index (χ1v) is 9.77. The average Bonchev–Trinajstić information content (AvgIpc) is 3.08. The third kappa shape index (κ3) is 6.43. The molecule has 9 heteroatoms. The number of benzene rings is 2. The van der Waals surface area contributed by atoms with Gasteiger partial charge in [-0.3, -0.25) is 4.79 Å². The summed E-state index contributed by atoms with van der Waals surface area (Å²) in [5.41, 5.74) is 1.33. The fourth-order valence-electron chi connectivity index (χ4n) is 2.74. The van der Waals surface area contributed by atoms with Crippen molar-refractivity contribution < 1.29 is 27.8 Å². The Labute approximate surface area is 169 Å². The third-order valence-electron chi connectivity index (χ3n) is 4.12. The van der Waals surface area contributed by atoms with Crippen LogP contribution in [0.25, 0.3) is 10.2 Å². The minimum atomic E-state index is -4.76. The number of carbonyl (C=O) groups excluding carboxylic acids is 1. The van der Waals surface area contributed by atoms with Crippen LogP contribution in [0.4, 0.5) is 13.2 Å². The molecule has 0 bridgehead atoms. The highest BCUT2D eigenvalue weighted by Gasteiger charge is 2.31. The van der Waals surface area contributed by atoms with Crippen LogP contribution in [0.3, 0.4) is 0 Å². The maximum Gasteiger partial charge on any atom is 0.573 e. The van der Waals surface area contributed by atoms with Crippen LogP contribution in [-0.4, -0.2) is 28.9 Å². The molecule has 0 aliphatic rings. The van der Waals surface area contributed by atoms with Gasteiger partial charge < -0.3 is 15.2 Å². The molecule has 2 N–H and O–H groups in total. The maximum atomic E-state index is 12.2. The third-order valence-corrected chi connectivity index (χ3v) is 5.22. The van der Waals surface area contributed by atoms with Crippen molar-refractivity contribution in [2.45, 2.75) is 31.7 Å². The summed E-state index contributed by atoms with van der Waals surface area (Å²) in [5, 5.41) is 13.7. The van der Waals surface area contributed by atoms with Crippen LogP contribution in [0.15, 0.2) is 48.5 Å². The maximum absolute atomic E-state index is 12.2. The molecular weight excluding hydrogens is 405 g/mol. The number of aromatic nitrogens is 1. The molecular formula is C20H19F3N2O3S. The lowest BCUT2D eigenvalue weighted by molar-refractivity contribution is -0.274. The zero-order valence-corrected chi connectivity index (χ0v) is 16.1. The number of halogens is 3. The molecule has 0 fully saturated rings. The first-order chi connectivity index (χ1) is 13.8. The van der Waals surface area contributed by atoms with Gasteiger partial charge in [0.15, 0.2) is 0 Å². The molecule has 1 unspecified atom stereocenters. The molecule has 3 rings (SSSR count). The summed E-state index contributed by atoms with van der Waals surface area (Å²) in [5.74, 6) is -0.575. The zero-order valence-electron chi connectivity index (χ0n) is 15.3. The molecule has 1 atom stereocenters. The van der Waals surface area contributed by atoms with Gasteiger partial charge >= 0.3 is 6.36 Å². The minimum Gasteiger partial charge on any atom is -0.406 e. The predicted octanol–water partition coefficient (Wildman–Crippen LogP) is 4.37. The van der Waals surface area contributed by atoms with E-state index in [0.29, 0.717) is 24.8 Å². The van der Waals surface area contributed by atoms with Crippen LogP contribution in [0.1, 0.15) is 29.5 Å². The highest BCUT2D eigenvalue weighted by molar-refractivity contribution is 7.18. The number of amides is 1. The largest absolute Gasteiger partial charge is 0.573 e. The summed E-state index contributed by atoms with van der Waals surface area (Å²) in [6, 6.07) is 12.7. The average molecular weight is 424 g/mol. The number of nitrogens with zero attached hydrogens (tertiary/aromatic N) is 1. The molecule has 0 saturated carbocycles. The van der Waals surface area contributed by atoms with Gasteiger partial charge in [0.05, 0.1) is 21.3 Å². The fraction of sp³-hybridized carbons (Fsp3) is 0.300.